The lowest BCUT2D eigenvalue weighted by Crippen LogP contribution is -2.22. The second kappa shape index (κ2) is 4.61. The van der Waals surface area contributed by atoms with Crippen LogP contribution in [0.5, 0.6) is 0 Å². The highest BCUT2D eigenvalue weighted by molar-refractivity contribution is 6.29. The van der Waals surface area contributed by atoms with Crippen molar-refractivity contribution in [3.8, 4) is 0 Å². The zero-order valence-corrected chi connectivity index (χ0v) is 8.28. The highest BCUT2D eigenvalue weighted by atomic mass is 35.5. The van der Waals surface area contributed by atoms with E-state index in [4.69, 9.17) is 22.4 Å². The van der Waals surface area contributed by atoms with Crippen molar-refractivity contribution < 1.29 is 14.7 Å². The maximum Gasteiger partial charge on any atom is 0.335 e. The number of nitrogens with one attached hydrogen (secondary N) is 1. The Hall–Kier alpha value is -1.82. The SMILES string of the molecule is NC(=O)CNc1cc(C(=O)O)cc(Cl)n1. The number of carboxylic acid groups (broad SMARTS) is 1. The van der Waals surface area contributed by atoms with Crippen LogP contribution in [0.2, 0.25) is 5.15 Å². The van der Waals surface area contributed by atoms with Gasteiger partial charge in [0.25, 0.3) is 0 Å². The van der Waals surface area contributed by atoms with Crippen molar-refractivity contribution >= 4 is 29.3 Å². The highest BCUT2D eigenvalue weighted by Crippen LogP contribution is 2.14. The molecule has 0 atom stereocenters. The van der Waals surface area contributed by atoms with Gasteiger partial charge in [-0.2, -0.15) is 0 Å². The summed E-state index contributed by atoms with van der Waals surface area (Å²) in [4.78, 5) is 24.9. The van der Waals surface area contributed by atoms with Crippen LogP contribution in [-0.4, -0.2) is 28.5 Å². The van der Waals surface area contributed by atoms with E-state index in [0.29, 0.717) is 0 Å². The summed E-state index contributed by atoms with van der Waals surface area (Å²) in [5, 5.41) is 11.3. The second-order valence-electron chi connectivity index (χ2n) is 2.69. The Morgan fingerprint density at radius 3 is 2.73 bits per heavy atom. The number of carbonyl (C=O) groups excluding carboxylic acids is 1. The van der Waals surface area contributed by atoms with E-state index in [2.05, 4.69) is 10.3 Å². The Bertz CT molecular complexity index is 408. The number of aromatic carboxylic acids is 1. The van der Waals surface area contributed by atoms with Crippen molar-refractivity contribution in [1.29, 1.82) is 0 Å². The molecule has 0 bridgehead atoms. The zero-order chi connectivity index (χ0) is 11.4. The topological polar surface area (TPSA) is 105 Å². The smallest absolute Gasteiger partial charge is 0.335 e. The summed E-state index contributed by atoms with van der Waals surface area (Å²) in [5.74, 6) is -1.51. The molecular weight excluding hydrogens is 222 g/mol. The third-order valence-corrected chi connectivity index (χ3v) is 1.68. The van der Waals surface area contributed by atoms with Gasteiger partial charge in [0.2, 0.25) is 5.91 Å². The fourth-order valence-electron chi connectivity index (χ4n) is 0.889. The first-order valence-corrected chi connectivity index (χ1v) is 4.30. The van der Waals surface area contributed by atoms with Crippen molar-refractivity contribution in [2.45, 2.75) is 0 Å². The van der Waals surface area contributed by atoms with Gasteiger partial charge in [-0.25, -0.2) is 9.78 Å². The van der Waals surface area contributed by atoms with Gasteiger partial charge in [-0.15, -0.1) is 0 Å². The number of aromatic nitrogens is 1. The highest BCUT2D eigenvalue weighted by Gasteiger charge is 2.07. The van der Waals surface area contributed by atoms with E-state index in [0.717, 1.165) is 0 Å². The van der Waals surface area contributed by atoms with Gasteiger partial charge >= 0.3 is 5.97 Å². The number of nitrogens with zero attached hydrogens (tertiary/aromatic N) is 1. The van der Waals surface area contributed by atoms with E-state index in [-0.39, 0.29) is 23.1 Å². The van der Waals surface area contributed by atoms with Crippen molar-refractivity contribution in [3.05, 3.63) is 22.8 Å². The predicted octanol–water partition coefficient (Wildman–Crippen LogP) is 0.330. The molecule has 0 aliphatic heterocycles. The molecule has 1 heterocycles. The number of anilines is 1. The van der Waals surface area contributed by atoms with Crippen LogP contribution in [0.1, 0.15) is 10.4 Å². The van der Waals surface area contributed by atoms with Crippen molar-refractivity contribution in [1.82, 2.24) is 4.98 Å². The van der Waals surface area contributed by atoms with Crippen LogP contribution < -0.4 is 11.1 Å². The van der Waals surface area contributed by atoms with Crippen LogP contribution in [0.4, 0.5) is 5.82 Å². The van der Waals surface area contributed by atoms with Gasteiger partial charge in [-0.05, 0) is 12.1 Å². The zero-order valence-electron chi connectivity index (χ0n) is 7.53. The Balaban J connectivity index is 2.88. The van der Waals surface area contributed by atoms with E-state index >= 15 is 0 Å². The van der Waals surface area contributed by atoms with E-state index < -0.39 is 11.9 Å². The number of pyridine rings is 1. The average molecular weight is 230 g/mol. The number of amides is 1. The number of hydrogen-bond donors (Lipinski definition) is 3. The first kappa shape index (κ1) is 11.3. The molecule has 0 spiro atoms. The minimum absolute atomic E-state index is 0.0121. The summed E-state index contributed by atoms with van der Waals surface area (Å²) in [6.45, 7) is -0.133. The van der Waals surface area contributed by atoms with Crippen LogP contribution in [0, 0.1) is 0 Å². The molecule has 1 aromatic heterocycles. The average Bonchev–Trinajstić information content (AvgIpc) is 2.13. The number of carboxylic acids is 1. The normalized spacial score (nSPS) is 9.67. The third kappa shape index (κ3) is 3.43. The molecule has 7 heteroatoms. The number of halogens is 1. The van der Waals surface area contributed by atoms with Gasteiger partial charge in [0.15, 0.2) is 0 Å². The van der Waals surface area contributed by atoms with E-state index in [1.807, 2.05) is 0 Å². The molecule has 0 aromatic carbocycles. The Kier molecular flexibility index (Phi) is 3.46. The summed E-state index contributed by atoms with van der Waals surface area (Å²) < 4.78 is 0. The monoisotopic (exact) mass is 229 g/mol. The molecule has 80 valence electrons. The van der Waals surface area contributed by atoms with E-state index in [9.17, 15) is 9.59 Å². The van der Waals surface area contributed by atoms with Crippen LogP contribution in [-0.2, 0) is 4.79 Å². The maximum atomic E-state index is 10.6. The summed E-state index contributed by atoms with van der Waals surface area (Å²) in [6, 6.07) is 2.47. The van der Waals surface area contributed by atoms with Gasteiger partial charge in [-0.1, -0.05) is 11.6 Å². The minimum atomic E-state index is -1.12. The Morgan fingerprint density at radius 1 is 1.53 bits per heavy atom. The molecule has 1 amide bonds. The number of nitrogens with two attached hydrogens (primary N) is 1. The molecule has 0 saturated carbocycles. The molecule has 0 unspecified atom stereocenters. The number of carbonyl (C=O) groups is 2. The maximum absolute atomic E-state index is 10.6. The lowest BCUT2D eigenvalue weighted by atomic mass is 10.2. The van der Waals surface area contributed by atoms with E-state index in [1.54, 1.807) is 0 Å². The van der Waals surface area contributed by atoms with Crippen molar-refractivity contribution in [2.75, 3.05) is 11.9 Å². The van der Waals surface area contributed by atoms with Gasteiger partial charge in [-0.3, -0.25) is 4.79 Å². The van der Waals surface area contributed by atoms with Gasteiger partial charge in [0.05, 0.1) is 12.1 Å². The van der Waals surface area contributed by atoms with Gasteiger partial charge in [0, 0.05) is 0 Å². The number of primary amides is 1. The molecule has 0 fully saturated rings. The van der Waals surface area contributed by atoms with Crippen molar-refractivity contribution in [3.63, 3.8) is 0 Å². The molecule has 1 aromatic rings. The molecule has 6 nitrogen and oxygen atoms in total. The number of rotatable bonds is 4. The quantitative estimate of drug-likeness (QED) is 0.646. The molecular formula is C8H8ClN3O3. The van der Waals surface area contributed by atoms with Crippen LogP contribution >= 0.6 is 11.6 Å². The van der Waals surface area contributed by atoms with Gasteiger partial charge < -0.3 is 16.2 Å². The first-order valence-electron chi connectivity index (χ1n) is 3.92. The number of hydrogen-bond acceptors (Lipinski definition) is 4. The molecule has 0 saturated heterocycles. The summed E-state index contributed by atoms with van der Waals surface area (Å²) in [6.07, 6.45) is 0. The molecule has 0 aliphatic rings. The summed E-state index contributed by atoms with van der Waals surface area (Å²) in [7, 11) is 0. The molecule has 15 heavy (non-hydrogen) atoms. The van der Waals surface area contributed by atoms with Gasteiger partial charge in [0.1, 0.15) is 11.0 Å². The Labute approximate surface area is 90.1 Å². The van der Waals surface area contributed by atoms with Crippen molar-refractivity contribution in [2.24, 2.45) is 5.73 Å². The standard InChI is InChI=1S/C8H8ClN3O3/c9-5-1-4(8(14)15)2-7(12-5)11-3-6(10)13/h1-2H,3H2,(H2,10,13)(H,11,12)(H,14,15). The largest absolute Gasteiger partial charge is 0.478 e. The Morgan fingerprint density at radius 2 is 2.20 bits per heavy atom. The van der Waals surface area contributed by atoms with Crippen LogP contribution in [0.3, 0.4) is 0 Å². The lowest BCUT2D eigenvalue weighted by molar-refractivity contribution is -0.116. The molecule has 0 radical (unpaired) electrons. The fourth-order valence-corrected chi connectivity index (χ4v) is 1.10. The predicted molar refractivity (Wildman–Crippen MR) is 53.9 cm³/mol. The van der Waals surface area contributed by atoms with Crippen LogP contribution in [0.25, 0.3) is 0 Å². The summed E-state index contributed by atoms with van der Waals surface area (Å²) >= 11 is 5.58. The molecule has 0 aliphatic carbocycles. The summed E-state index contributed by atoms with van der Waals surface area (Å²) in [5.41, 5.74) is 4.89. The molecule has 4 N–H and O–H groups in total. The lowest BCUT2D eigenvalue weighted by Gasteiger charge is -2.04. The minimum Gasteiger partial charge on any atom is -0.478 e. The second-order valence-corrected chi connectivity index (χ2v) is 3.08. The molecule has 1 rings (SSSR count). The van der Waals surface area contributed by atoms with Crippen LogP contribution in [0.15, 0.2) is 12.1 Å². The third-order valence-electron chi connectivity index (χ3n) is 1.48. The van der Waals surface area contributed by atoms with E-state index in [1.165, 1.54) is 12.1 Å². The fraction of sp³-hybridized carbons (Fsp3) is 0.125. The first-order chi connectivity index (χ1) is 6.99.